The second-order valence-electron chi connectivity index (χ2n) is 4.55. The zero-order chi connectivity index (χ0) is 18.9. The highest BCUT2D eigenvalue weighted by Gasteiger charge is 2.21. The Morgan fingerprint density at radius 2 is 1.68 bits per heavy atom. The van der Waals surface area contributed by atoms with Gasteiger partial charge in [0, 0.05) is 0 Å². The largest absolute Gasteiger partial charge is 0.465 e. The van der Waals surface area contributed by atoms with Gasteiger partial charge in [-0.15, -0.1) is 0 Å². The Morgan fingerprint density at radius 1 is 1.08 bits per heavy atom. The third-order valence-corrected chi connectivity index (χ3v) is 4.63. The molecule has 0 fully saturated rings. The van der Waals surface area contributed by atoms with Gasteiger partial charge < -0.3 is 9.47 Å². The predicted octanol–water partition coefficient (Wildman–Crippen LogP) is 1.87. The molecule has 0 radical (unpaired) electrons. The topological polar surface area (TPSA) is 108 Å². The van der Waals surface area contributed by atoms with Crippen molar-refractivity contribution >= 4 is 38.9 Å². The summed E-state index contributed by atoms with van der Waals surface area (Å²) in [6.07, 6.45) is 0. The molecular formula is C15H19NO7S2. The van der Waals surface area contributed by atoms with Crippen LogP contribution >= 0.6 is 11.8 Å². The summed E-state index contributed by atoms with van der Waals surface area (Å²) in [4.78, 5) is 23.1. The van der Waals surface area contributed by atoms with Crippen molar-refractivity contribution in [3.05, 3.63) is 29.8 Å². The number of hydrogen-bond donors (Lipinski definition) is 0. The standard InChI is InChI=1S/C15H19NO7S2/c1-4-21-13(17)10-24-14(15(18)22-5-2)16-23-25(19,20)12-8-6-11(3)7-9-12/h6-9H,4-5,10H2,1-3H3/b16-14-. The summed E-state index contributed by atoms with van der Waals surface area (Å²) in [6.45, 7) is 5.27. The number of oxime groups is 1. The first-order valence-electron chi connectivity index (χ1n) is 7.34. The van der Waals surface area contributed by atoms with E-state index >= 15 is 0 Å². The fourth-order valence-electron chi connectivity index (χ4n) is 1.48. The van der Waals surface area contributed by atoms with Crippen LogP contribution in [0.1, 0.15) is 19.4 Å². The Morgan fingerprint density at radius 3 is 2.24 bits per heavy atom. The zero-order valence-corrected chi connectivity index (χ0v) is 15.7. The Hall–Kier alpha value is -2.07. The molecule has 0 bridgehead atoms. The average Bonchev–Trinajstić information content (AvgIpc) is 2.55. The van der Waals surface area contributed by atoms with Gasteiger partial charge in [-0.3, -0.25) is 9.08 Å². The molecule has 1 rings (SSSR count). The number of nitrogens with zero attached hydrogens (tertiary/aromatic N) is 1. The molecule has 0 atom stereocenters. The van der Waals surface area contributed by atoms with Crippen molar-refractivity contribution in [3.8, 4) is 0 Å². The molecular weight excluding hydrogens is 370 g/mol. The number of thioether (sulfide) groups is 1. The van der Waals surface area contributed by atoms with Gasteiger partial charge in [0.25, 0.3) is 0 Å². The predicted molar refractivity (Wildman–Crippen MR) is 92.6 cm³/mol. The van der Waals surface area contributed by atoms with Gasteiger partial charge in [-0.25, -0.2) is 4.79 Å². The molecule has 0 aliphatic carbocycles. The lowest BCUT2D eigenvalue weighted by Gasteiger charge is -2.06. The third-order valence-electron chi connectivity index (χ3n) is 2.61. The average molecular weight is 389 g/mol. The molecule has 138 valence electrons. The van der Waals surface area contributed by atoms with Crippen LogP contribution in [0.15, 0.2) is 34.3 Å². The summed E-state index contributed by atoms with van der Waals surface area (Å²) in [5, 5.41) is 2.96. The van der Waals surface area contributed by atoms with Gasteiger partial charge in [0.05, 0.1) is 19.0 Å². The van der Waals surface area contributed by atoms with Crippen LogP contribution < -0.4 is 0 Å². The maximum absolute atomic E-state index is 12.1. The normalized spacial score (nSPS) is 11.7. The van der Waals surface area contributed by atoms with E-state index in [2.05, 4.69) is 9.44 Å². The van der Waals surface area contributed by atoms with E-state index < -0.39 is 27.1 Å². The van der Waals surface area contributed by atoms with Crippen molar-refractivity contribution < 1.29 is 31.8 Å². The quantitative estimate of drug-likeness (QED) is 0.301. The van der Waals surface area contributed by atoms with E-state index in [1.807, 2.05) is 0 Å². The lowest BCUT2D eigenvalue weighted by molar-refractivity contribution is -0.139. The number of carbonyl (C=O) groups excluding carboxylic acids is 2. The monoisotopic (exact) mass is 389 g/mol. The van der Waals surface area contributed by atoms with Crippen molar-refractivity contribution in [2.45, 2.75) is 25.7 Å². The summed E-state index contributed by atoms with van der Waals surface area (Å²) in [5.41, 5.74) is 0.875. The molecule has 10 heteroatoms. The summed E-state index contributed by atoms with van der Waals surface area (Å²) < 4.78 is 38.2. The van der Waals surface area contributed by atoms with E-state index in [1.54, 1.807) is 32.9 Å². The van der Waals surface area contributed by atoms with E-state index in [1.165, 1.54) is 12.1 Å². The molecule has 0 saturated carbocycles. The fourth-order valence-corrected chi connectivity index (χ4v) is 2.86. The molecule has 0 heterocycles. The van der Waals surface area contributed by atoms with Crippen molar-refractivity contribution in [1.82, 2.24) is 0 Å². The number of aryl methyl sites for hydroxylation is 1. The van der Waals surface area contributed by atoms with Gasteiger partial charge in [0.1, 0.15) is 4.90 Å². The lowest BCUT2D eigenvalue weighted by Crippen LogP contribution is -2.18. The number of ether oxygens (including phenoxy) is 2. The molecule has 0 aliphatic heterocycles. The molecule has 0 aromatic heterocycles. The van der Waals surface area contributed by atoms with Crippen LogP contribution in [0.3, 0.4) is 0 Å². The van der Waals surface area contributed by atoms with E-state index in [9.17, 15) is 18.0 Å². The van der Waals surface area contributed by atoms with Crippen LogP contribution in [0.4, 0.5) is 0 Å². The van der Waals surface area contributed by atoms with E-state index in [0.29, 0.717) is 11.8 Å². The lowest BCUT2D eigenvalue weighted by atomic mass is 10.2. The Balaban J connectivity index is 2.90. The van der Waals surface area contributed by atoms with Crippen LogP contribution in [-0.2, 0) is 33.5 Å². The summed E-state index contributed by atoms with van der Waals surface area (Å²) in [5.74, 6) is -1.71. The van der Waals surface area contributed by atoms with Gasteiger partial charge in [-0.2, -0.15) is 8.42 Å². The minimum Gasteiger partial charge on any atom is -0.465 e. The van der Waals surface area contributed by atoms with Crippen LogP contribution in [0.5, 0.6) is 0 Å². The Kier molecular flexibility index (Phi) is 8.42. The van der Waals surface area contributed by atoms with Crippen LogP contribution in [0.2, 0.25) is 0 Å². The number of rotatable bonds is 7. The number of carbonyl (C=O) groups is 2. The van der Waals surface area contributed by atoms with Crippen LogP contribution in [0, 0.1) is 6.92 Å². The molecule has 1 aromatic carbocycles. The molecule has 8 nitrogen and oxygen atoms in total. The van der Waals surface area contributed by atoms with Crippen molar-refractivity contribution in [2.24, 2.45) is 5.16 Å². The zero-order valence-electron chi connectivity index (χ0n) is 14.1. The third kappa shape index (κ3) is 7.14. The number of benzene rings is 1. The minimum absolute atomic E-state index is 0.0581. The first kappa shape index (κ1) is 21.0. The fraction of sp³-hybridized carbons (Fsp3) is 0.400. The van der Waals surface area contributed by atoms with Gasteiger partial charge in [0.2, 0.25) is 5.04 Å². The van der Waals surface area contributed by atoms with E-state index in [4.69, 9.17) is 9.47 Å². The molecule has 0 amide bonds. The maximum atomic E-state index is 12.1. The van der Waals surface area contributed by atoms with Gasteiger partial charge >= 0.3 is 22.1 Å². The minimum atomic E-state index is -4.19. The van der Waals surface area contributed by atoms with E-state index in [0.717, 1.165) is 5.56 Å². The molecule has 1 aromatic rings. The molecule has 0 saturated heterocycles. The summed E-state index contributed by atoms with van der Waals surface area (Å²) in [7, 11) is -4.19. The summed E-state index contributed by atoms with van der Waals surface area (Å²) in [6, 6.07) is 5.91. The van der Waals surface area contributed by atoms with Crippen molar-refractivity contribution in [1.29, 1.82) is 0 Å². The number of hydrogen-bond acceptors (Lipinski definition) is 9. The van der Waals surface area contributed by atoms with Crippen LogP contribution in [-0.4, -0.2) is 44.4 Å². The van der Waals surface area contributed by atoms with Crippen molar-refractivity contribution in [2.75, 3.05) is 19.0 Å². The van der Waals surface area contributed by atoms with Gasteiger partial charge in [0.15, 0.2) is 0 Å². The maximum Gasteiger partial charge on any atom is 0.367 e. The summed E-state index contributed by atoms with van der Waals surface area (Å²) >= 11 is 0.667. The number of esters is 2. The first-order valence-corrected chi connectivity index (χ1v) is 9.73. The highest BCUT2D eigenvalue weighted by atomic mass is 32.2. The molecule has 0 spiro atoms. The van der Waals surface area contributed by atoms with Crippen molar-refractivity contribution in [3.63, 3.8) is 0 Å². The highest BCUT2D eigenvalue weighted by Crippen LogP contribution is 2.15. The Labute approximate surface area is 150 Å². The van der Waals surface area contributed by atoms with Gasteiger partial charge in [-0.1, -0.05) is 34.6 Å². The molecule has 0 N–H and O–H groups in total. The smallest absolute Gasteiger partial charge is 0.367 e. The first-order chi connectivity index (χ1) is 11.8. The highest BCUT2D eigenvalue weighted by molar-refractivity contribution is 8.16. The molecule has 25 heavy (non-hydrogen) atoms. The van der Waals surface area contributed by atoms with E-state index in [-0.39, 0.29) is 23.9 Å². The molecule has 0 unspecified atom stereocenters. The van der Waals surface area contributed by atoms with Gasteiger partial charge in [-0.05, 0) is 32.9 Å². The second-order valence-corrected chi connectivity index (χ2v) is 7.05. The van der Waals surface area contributed by atoms with Crippen LogP contribution in [0.25, 0.3) is 0 Å². The SMILES string of the molecule is CCOC(=O)CS/C(=N\OS(=O)(=O)c1ccc(C)cc1)C(=O)OCC. The second kappa shape index (κ2) is 10.0. The molecule has 0 aliphatic rings. The Bertz CT molecular complexity index is 727.